The highest BCUT2D eigenvalue weighted by Gasteiger charge is 2.18. The Morgan fingerprint density at radius 3 is 2.77 bits per heavy atom. The van der Waals surface area contributed by atoms with Gasteiger partial charge in [-0.25, -0.2) is 19.9 Å². The summed E-state index contributed by atoms with van der Waals surface area (Å²) < 4.78 is 5.79. The summed E-state index contributed by atoms with van der Waals surface area (Å²) >= 11 is 1.35. The molecule has 30 heavy (non-hydrogen) atoms. The number of carbonyl (C=O) groups excluding carboxylic acids is 1. The Balaban J connectivity index is 1.28. The first-order valence-corrected chi connectivity index (χ1v) is 10.1. The molecule has 0 saturated heterocycles. The molecule has 0 aliphatic carbocycles. The molecule has 5 rings (SSSR count). The Hall–Kier alpha value is -3.72. The third-order valence-electron chi connectivity index (χ3n) is 4.54. The lowest BCUT2D eigenvalue weighted by Crippen LogP contribution is -2.22. The Kier molecular flexibility index (Phi) is 4.64. The van der Waals surface area contributed by atoms with E-state index in [1.54, 1.807) is 6.33 Å². The van der Waals surface area contributed by atoms with Crippen molar-refractivity contribution in [2.75, 3.05) is 5.32 Å². The molecule has 2 N–H and O–H groups in total. The molecular weight excluding hydrogens is 400 g/mol. The van der Waals surface area contributed by atoms with Gasteiger partial charge in [0.2, 0.25) is 11.8 Å². The molecule has 3 heterocycles. The van der Waals surface area contributed by atoms with E-state index in [0.29, 0.717) is 22.3 Å². The SMILES string of the molecule is C[C@@H](Sc1ncnc2nc[nH]c12)C(=O)Nc1ccc(-c2nc3ccccc3o2)cc1. The average molecular weight is 416 g/mol. The summed E-state index contributed by atoms with van der Waals surface area (Å²) in [4.78, 5) is 32.6. The summed E-state index contributed by atoms with van der Waals surface area (Å²) in [5, 5.41) is 3.26. The molecule has 1 atom stereocenters. The van der Waals surface area contributed by atoms with Gasteiger partial charge in [-0.3, -0.25) is 4.79 Å². The van der Waals surface area contributed by atoms with Gasteiger partial charge < -0.3 is 14.7 Å². The average Bonchev–Trinajstić information content (AvgIpc) is 3.41. The van der Waals surface area contributed by atoms with E-state index >= 15 is 0 Å². The quantitative estimate of drug-likeness (QED) is 0.325. The second-order valence-electron chi connectivity index (χ2n) is 6.59. The number of carbonyl (C=O) groups is 1. The molecule has 0 fully saturated rings. The third kappa shape index (κ3) is 3.50. The van der Waals surface area contributed by atoms with Crippen LogP contribution in [0.15, 0.2) is 70.6 Å². The van der Waals surface area contributed by atoms with Crippen molar-refractivity contribution in [3.8, 4) is 11.5 Å². The van der Waals surface area contributed by atoms with Crippen LogP contribution in [0.5, 0.6) is 0 Å². The van der Waals surface area contributed by atoms with Crippen LogP contribution in [0, 0.1) is 0 Å². The second kappa shape index (κ2) is 7.60. The molecule has 0 saturated carbocycles. The lowest BCUT2D eigenvalue weighted by atomic mass is 10.2. The lowest BCUT2D eigenvalue weighted by Gasteiger charge is -2.12. The first-order valence-electron chi connectivity index (χ1n) is 9.25. The monoisotopic (exact) mass is 416 g/mol. The number of imidazole rings is 1. The molecule has 0 radical (unpaired) electrons. The molecule has 8 nitrogen and oxygen atoms in total. The summed E-state index contributed by atoms with van der Waals surface area (Å²) in [7, 11) is 0. The second-order valence-corrected chi connectivity index (χ2v) is 7.92. The maximum Gasteiger partial charge on any atom is 0.237 e. The Bertz CT molecular complexity index is 1310. The van der Waals surface area contributed by atoms with Crippen LogP contribution in [0.4, 0.5) is 5.69 Å². The van der Waals surface area contributed by atoms with Crippen LogP contribution in [0.3, 0.4) is 0 Å². The third-order valence-corrected chi connectivity index (χ3v) is 5.64. The van der Waals surface area contributed by atoms with E-state index in [1.165, 1.54) is 18.1 Å². The van der Waals surface area contributed by atoms with Gasteiger partial charge in [-0.2, -0.15) is 0 Å². The van der Waals surface area contributed by atoms with Crippen molar-refractivity contribution in [3.05, 3.63) is 61.2 Å². The molecule has 148 valence electrons. The maximum atomic E-state index is 12.6. The zero-order valence-corrected chi connectivity index (χ0v) is 16.7. The van der Waals surface area contributed by atoms with Crippen LogP contribution in [-0.2, 0) is 4.79 Å². The van der Waals surface area contributed by atoms with E-state index in [0.717, 1.165) is 22.2 Å². The first kappa shape index (κ1) is 18.3. The maximum absolute atomic E-state index is 12.6. The molecule has 3 aromatic heterocycles. The molecule has 5 aromatic rings. The number of thioether (sulfide) groups is 1. The topological polar surface area (TPSA) is 110 Å². The number of nitrogens with one attached hydrogen (secondary N) is 2. The smallest absolute Gasteiger partial charge is 0.237 e. The number of hydrogen-bond acceptors (Lipinski definition) is 7. The number of anilines is 1. The van der Waals surface area contributed by atoms with Gasteiger partial charge in [0.1, 0.15) is 22.4 Å². The van der Waals surface area contributed by atoms with Gasteiger partial charge in [-0.05, 0) is 43.3 Å². The van der Waals surface area contributed by atoms with Gasteiger partial charge in [0.15, 0.2) is 11.2 Å². The zero-order valence-electron chi connectivity index (χ0n) is 15.9. The van der Waals surface area contributed by atoms with Crippen molar-refractivity contribution in [1.29, 1.82) is 0 Å². The minimum Gasteiger partial charge on any atom is -0.436 e. The summed E-state index contributed by atoms with van der Waals surface area (Å²) in [5.41, 5.74) is 4.40. The number of nitrogens with zero attached hydrogens (tertiary/aromatic N) is 4. The number of amides is 1. The van der Waals surface area contributed by atoms with Crippen LogP contribution in [0.25, 0.3) is 33.7 Å². The molecule has 0 aliphatic heterocycles. The van der Waals surface area contributed by atoms with Gasteiger partial charge in [0.05, 0.1) is 11.6 Å². The molecule has 0 spiro atoms. The molecule has 1 amide bonds. The molecule has 9 heteroatoms. The van der Waals surface area contributed by atoms with Crippen LogP contribution in [0.2, 0.25) is 0 Å². The highest BCUT2D eigenvalue weighted by Crippen LogP contribution is 2.28. The van der Waals surface area contributed by atoms with E-state index in [9.17, 15) is 4.79 Å². The molecule has 0 bridgehead atoms. The largest absolute Gasteiger partial charge is 0.436 e. The number of aromatic amines is 1. The molecular formula is C21H16N6O2S. The summed E-state index contributed by atoms with van der Waals surface area (Å²) in [6.45, 7) is 1.83. The van der Waals surface area contributed by atoms with Crippen molar-refractivity contribution < 1.29 is 9.21 Å². The van der Waals surface area contributed by atoms with Crippen LogP contribution >= 0.6 is 11.8 Å². The van der Waals surface area contributed by atoms with E-state index in [-0.39, 0.29) is 11.2 Å². The first-order chi connectivity index (χ1) is 14.7. The van der Waals surface area contributed by atoms with E-state index in [4.69, 9.17) is 4.42 Å². The zero-order chi connectivity index (χ0) is 20.5. The number of fused-ring (bicyclic) bond motifs is 2. The lowest BCUT2D eigenvalue weighted by molar-refractivity contribution is -0.115. The van der Waals surface area contributed by atoms with Crippen molar-refractivity contribution in [1.82, 2.24) is 24.9 Å². The van der Waals surface area contributed by atoms with Gasteiger partial charge >= 0.3 is 0 Å². The number of H-pyrrole nitrogens is 1. The molecule has 2 aromatic carbocycles. The number of para-hydroxylation sites is 2. The standard InChI is InChI=1S/C21H16N6O2S/c1-12(30-21-17-18(23-10-22-17)24-11-25-21)19(28)26-14-8-6-13(7-9-14)20-27-15-4-2-3-5-16(15)29-20/h2-12H,1H3,(H,26,28)(H,22,23,24,25)/t12-/m1/s1. The van der Waals surface area contributed by atoms with Crippen molar-refractivity contribution in [2.24, 2.45) is 0 Å². The van der Waals surface area contributed by atoms with Crippen molar-refractivity contribution in [3.63, 3.8) is 0 Å². The normalized spacial score (nSPS) is 12.3. The fraction of sp³-hybridized carbons (Fsp3) is 0.0952. The van der Waals surface area contributed by atoms with Gasteiger partial charge in [0, 0.05) is 11.3 Å². The van der Waals surface area contributed by atoms with Crippen LogP contribution in [0.1, 0.15) is 6.92 Å². The minimum atomic E-state index is -0.358. The number of aromatic nitrogens is 5. The Morgan fingerprint density at radius 2 is 1.93 bits per heavy atom. The van der Waals surface area contributed by atoms with Crippen LogP contribution < -0.4 is 5.32 Å². The number of hydrogen-bond donors (Lipinski definition) is 2. The van der Waals surface area contributed by atoms with E-state index in [1.807, 2.05) is 55.5 Å². The molecule has 0 aliphatic rings. The minimum absolute atomic E-state index is 0.124. The Morgan fingerprint density at radius 1 is 1.10 bits per heavy atom. The summed E-state index contributed by atoms with van der Waals surface area (Å²) in [5.74, 6) is 0.422. The van der Waals surface area contributed by atoms with E-state index < -0.39 is 0 Å². The predicted molar refractivity (Wildman–Crippen MR) is 115 cm³/mol. The highest BCUT2D eigenvalue weighted by molar-refractivity contribution is 8.00. The highest BCUT2D eigenvalue weighted by atomic mass is 32.2. The predicted octanol–water partition coefficient (Wildman–Crippen LogP) is 4.28. The number of benzene rings is 2. The summed E-state index contributed by atoms with van der Waals surface area (Å²) in [6, 6.07) is 15.0. The number of oxazole rings is 1. The fourth-order valence-electron chi connectivity index (χ4n) is 2.99. The van der Waals surface area contributed by atoms with Crippen molar-refractivity contribution >= 4 is 45.6 Å². The fourth-order valence-corrected chi connectivity index (χ4v) is 3.87. The molecule has 0 unspecified atom stereocenters. The van der Waals surface area contributed by atoms with E-state index in [2.05, 4.69) is 30.2 Å². The number of rotatable bonds is 5. The van der Waals surface area contributed by atoms with Crippen molar-refractivity contribution in [2.45, 2.75) is 17.2 Å². The van der Waals surface area contributed by atoms with Gasteiger partial charge in [-0.1, -0.05) is 23.9 Å². The van der Waals surface area contributed by atoms with Gasteiger partial charge in [-0.15, -0.1) is 0 Å². The Labute approximate surface area is 175 Å². The van der Waals surface area contributed by atoms with Gasteiger partial charge in [0.25, 0.3) is 0 Å². The summed E-state index contributed by atoms with van der Waals surface area (Å²) in [6.07, 6.45) is 3.01. The van der Waals surface area contributed by atoms with Crippen LogP contribution in [-0.4, -0.2) is 36.1 Å².